The van der Waals surface area contributed by atoms with Crippen molar-refractivity contribution in [3.63, 3.8) is 0 Å². The molecule has 0 unspecified atom stereocenters. The average Bonchev–Trinajstić information content (AvgIpc) is 2.15. The van der Waals surface area contributed by atoms with Crippen LogP contribution in [-0.2, 0) is 4.79 Å². The van der Waals surface area contributed by atoms with E-state index in [1.807, 2.05) is 0 Å². The van der Waals surface area contributed by atoms with Crippen molar-refractivity contribution in [3.8, 4) is 0 Å². The Balaban J connectivity index is 2.00. The molecule has 0 saturated carbocycles. The molecule has 16 heavy (non-hydrogen) atoms. The number of aryl methyl sites for hydroxylation is 1. The number of carboxylic acids is 1. The van der Waals surface area contributed by atoms with Gasteiger partial charge >= 0.3 is 5.97 Å². The molecule has 0 bridgehead atoms. The van der Waals surface area contributed by atoms with Gasteiger partial charge in [0.25, 0.3) is 5.91 Å². The van der Waals surface area contributed by atoms with Crippen molar-refractivity contribution in [2.24, 2.45) is 5.92 Å². The van der Waals surface area contributed by atoms with Crippen LogP contribution < -0.4 is 0 Å². The Hall–Kier alpha value is -1.98. The molecule has 2 heterocycles. The van der Waals surface area contributed by atoms with E-state index in [1.54, 1.807) is 6.92 Å². The van der Waals surface area contributed by atoms with Crippen LogP contribution in [0.25, 0.3) is 0 Å². The second-order valence-corrected chi connectivity index (χ2v) is 3.79. The molecule has 0 atom stereocenters. The van der Waals surface area contributed by atoms with Crippen LogP contribution in [0.5, 0.6) is 0 Å². The predicted octanol–water partition coefficient (Wildman–Crippen LogP) is -0.0584. The van der Waals surface area contributed by atoms with Crippen molar-refractivity contribution < 1.29 is 14.7 Å². The lowest BCUT2D eigenvalue weighted by molar-refractivity contribution is -0.146. The van der Waals surface area contributed by atoms with Crippen molar-refractivity contribution in [2.45, 2.75) is 6.92 Å². The predicted molar refractivity (Wildman–Crippen MR) is 53.8 cm³/mol. The van der Waals surface area contributed by atoms with Crippen LogP contribution in [0, 0.1) is 12.8 Å². The Morgan fingerprint density at radius 2 is 2.06 bits per heavy atom. The third kappa shape index (κ3) is 1.86. The van der Waals surface area contributed by atoms with E-state index in [9.17, 15) is 9.59 Å². The van der Waals surface area contributed by atoms with Crippen LogP contribution in [0.15, 0.2) is 12.4 Å². The molecule has 0 spiro atoms. The Morgan fingerprint density at radius 1 is 1.38 bits per heavy atom. The quantitative estimate of drug-likeness (QED) is 0.756. The SMILES string of the molecule is Cc1cnc(C(=O)N2CC(C(=O)O)C2)cn1. The number of carbonyl (C=O) groups is 2. The van der Waals surface area contributed by atoms with Gasteiger partial charge in [-0.15, -0.1) is 0 Å². The molecule has 84 valence electrons. The van der Waals surface area contributed by atoms with Gasteiger partial charge in [0.2, 0.25) is 0 Å². The van der Waals surface area contributed by atoms with Crippen molar-refractivity contribution >= 4 is 11.9 Å². The molecule has 1 amide bonds. The van der Waals surface area contributed by atoms with E-state index >= 15 is 0 Å². The van der Waals surface area contributed by atoms with Crippen molar-refractivity contribution in [2.75, 3.05) is 13.1 Å². The lowest BCUT2D eigenvalue weighted by Crippen LogP contribution is -2.53. The van der Waals surface area contributed by atoms with Gasteiger partial charge in [-0.25, -0.2) is 4.98 Å². The minimum Gasteiger partial charge on any atom is -0.481 e. The molecule has 1 N–H and O–H groups in total. The summed E-state index contributed by atoms with van der Waals surface area (Å²) in [6, 6.07) is 0. The molecule has 0 aromatic carbocycles. The smallest absolute Gasteiger partial charge is 0.310 e. The maximum atomic E-state index is 11.7. The summed E-state index contributed by atoms with van der Waals surface area (Å²) in [6.07, 6.45) is 2.92. The summed E-state index contributed by atoms with van der Waals surface area (Å²) < 4.78 is 0. The monoisotopic (exact) mass is 221 g/mol. The third-order valence-corrected chi connectivity index (χ3v) is 2.52. The fraction of sp³-hybridized carbons (Fsp3) is 0.400. The molecular weight excluding hydrogens is 210 g/mol. The second kappa shape index (κ2) is 3.88. The minimum atomic E-state index is -0.862. The molecule has 1 aliphatic heterocycles. The number of carboxylic acid groups (broad SMARTS) is 1. The van der Waals surface area contributed by atoms with Gasteiger partial charge in [0.1, 0.15) is 5.69 Å². The number of hydrogen-bond acceptors (Lipinski definition) is 4. The molecular formula is C10H11N3O3. The topological polar surface area (TPSA) is 83.4 Å². The van der Waals surface area contributed by atoms with E-state index in [-0.39, 0.29) is 24.7 Å². The van der Waals surface area contributed by atoms with Crippen molar-refractivity contribution in [1.29, 1.82) is 0 Å². The lowest BCUT2D eigenvalue weighted by atomic mass is 10.0. The number of likely N-dealkylation sites (tertiary alicyclic amines) is 1. The Labute approximate surface area is 91.9 Å². The van der Waals surface area contributed by atoms with Gasteiger partial charge in [-0.05, 0) is 6.92 Å². The van der Waals surface area contributed by atoms with Crippen molar-refractivity contribution in [3.05, 3.63) is 23.8 Å². The number of amides is 1. The highest BCUT2D eigenvalue weighted by atomic mass is 16.4. The molecule has 1 aromatic heterocycles. The van der Waals surface area contributed by atoms with E-state index in [4.69, 9.17) is 5.11 Å². The van der Waals surface area contributed by atoms with E-state index in [0.29, 0.717) is 0 Å². The molecule has 1 saturated heterocycles. The van der Waals surface area contributed by atoms with E-state index in [0.717, 1.165) is 5.69 Å². The molecule has 6 nitrogen and oxygen atoms in total. The van der Waals surface area contributed by atoms with Gasteiger partial charge in [-0.2, -0.15) is 0 Å². The van der Waals surface area contributed by atoms with Gasteiger partial charge in [0.15, 0.2) is 0 Å². The van der Waals surface area contributed by atoms with E-state index in [2.05, 4.69) is 9.97 Å². The highest BCUT2D eigenvalue weighted by Gasteiger charge is 2.36. The average molecular weight is 221 g/mol. The van der Waals surface area contributed by atoms with Gasteiger partial charge in [-0.3, -0.25) is 14.6 Å². The molecule has 2 rings (SSSR count). The zero-order valence-corrected chi connectivity index (χ0v) is 8.75. The van der Waals surface area contributed by atoms with Crippen LogP contribution >= 0.6 is 0 Å². The van der Waals surface area contributed by atoms with Gasteiger partial charge < -0.3 is 10.0 Å². The third-order valence-electron chi connectivity index (χ3n) is 2.52. The summed E-state index contributed by atoms with van der Waals surface area (Å²) in [6.45, 7) is 2.29. The summed E-state index contributed by atoms with van der Waals surface area (Å²) in [4.78, 5) is 31.7. The molecule has 6 heteroatoms. The first-order chi connectivity index (χ1) is 7.58. The highest BCUT2D eigenvalue weighted by Crippen LogP contribution is 2.17. The number of hydrogen-bond donors (Lipinski definition) is 1. The summed E-state index contributed by atoms with van der Waals surface area (Å²) in [5.41, 5.74) is 0.998. The number of nitrogens with zero attached hydrogens (tertiary/aromatic N) is 3. The van der Waals surface area contributed by atoms with Crippen LogP contribution in [-0.4, -0.2) is 44.9 Å². The minimum absolute atomic E-state index is 0.254. The number of carbonyl (C=O) groups excluding carboxylic acids is 1. The Kier molecular flexibility index (Phi) is 2.55. The number of rotatable bonds is 2. The maximum absolute atomic E-state index is 11.7. The normalized spacial score (nSPS) is 15.7. The summed E-state index contributed by atoms with van der Waals surface area (Å²) in [5, 5.41) is 8.67. The number of aliphatic carboxylic acids is 1. The van der Waals surface area contributed by atoms with Crippen LogP contribution in [0.4, 0.5) is 0 Å². The molecule has 0 aliphatic carbocycles. The van der Waals surface area contributed by atoms with Gasteiger partial charge in [0.05, 0.1) is 17.8 Å². The standard InChI is InChI=1S/C10H11N3O3/c1-6-2-12-8(3-11-6)9(14)13-4-7(5-13)10(15)16/h2-3,7H,4-5H2,1H3,(H,15,16). The lowest BCUT2D eigenvalue weighted by Gasteiger charge is -2.36. The molecule has 1 fully saturated rings. The van der Waals surface area contributed by atoms with Crippen LogP contribution in [0.3, 0.4) is 0 Å². The largest absolute Gasteiger partial charge is 0.481 e. The number of aromatic nitrogens is 2. The summed E-state index contributed by atoms with van der Waals surface area (Å²) in [5.74, 6) is -1.56. The van der Waals surface area contributed by atoms with Crippen LogP contribution in [0.2, 0.25) is 0 Å². The van der Waals surface area contributed by atoms with E-state index in [1.165, 1.54) is 17.3 Å². The van der Waals surface area contributed by atoms with Crippen molar-refractivity contribution in [1.82, 2.24) is 14.9 Å². The van der Waals surface area contributed by atoms with Gasteiger partial charge in [-0.1, -0.05) is 0 Å². The summed E-state index contributed by atoms with van der Waals surface area (Å²) >= 11 is 0. The summed E-state index contributed by atoms with van der Waals surface area (Å²) in [7, 11) is 0. The fourth-order valence-corrected chi connectivity index (χ4v) is 1.47. The first-order valence-electron chi connectivity index (χ1n) is 4.88. The Bertz CT molecular complexity index is 423. The van der Waals surface area contributed by atoms with Gasteiger partial charge in [0, 0.05) is 19.3 Å². The first kappa shape index (κ1) is 10.5. The Morgan fingerprint density at radius 3 is 2.56 bits per heavy atom. The molecule has 1 aromatic rings. The molecule has 0 radical (unpaired) electrons. The molecule has 1 aliphatic rings. The fourth-order valence-electron chi connectivity index (χ4n) is 1.47. The highest BCUT2D eigenvalue weighted by molar-refractivity contribution is 5.93. The van der Waals surface area contributed by atoms with Crippen LogP contribution in [0.1, 0.15) is 16.2 Å². The zero-order valence-electron chi connectivity index (χ0n) is 8.75. The first-order valence-corrected chi connectivity index (χ1v) is 4.88. The second-order valence-electron chi connectivity index (χ2n) is 3.79. The zero-order chi connectivity index (χ0) is 11.7. The van der Waals surface area contributed by atoms with E-state index < -0.39 is 11.9 Å². The maximum Gasteiger partial charge on any atom is 0.310 e.